The van der Waals surface area contributed by atoms with Gasteiger partial charge < -0.3 is 14.2 Å². The van der Waals surface area contributed by atoms with Crippen molar-refractivity contribution >= 4 is 46.1 Å². The normalized spacial score (nSPS) is 12.4. The van der Waals surface area contributed by atoms with Gasteiger partial charge in [-0.2, -0.15) is 0 Å². The van der Waals surface area contributed by atoms with Crippen LogP contribution in [0, 0.1) is 6.92 Å². The Morgan fingerprint density at radius 3 is 1.71 bits per heavy atom. The summed E-state index contributed by atoms with van der Waals surface area (Å²) in [5, 5.41) is 2.38. The van der Waals surface area contributed by atoms with Crippen LogP contribution in [0.25, 0.3) is 68.1 Å². The molecule has 0 unspecified atom stereocenters. The molecule has 3 nitrogen and oxygen atoms in total. The molecule has 0 saturated heterocycles. The Morgan fingerprint density at radius 1 is 0.522 bits per heavy atom. The van der Waals surface area contributed by atoms with Gasteiger partial charge in [-0.1, -0.05) is 177 Å². The first kappa shape index (κ1) is 42.9. The number of nitrogens with zero attached hydrogens (tertiary/aromatic N) is 2. The maximum atomic E-state index is 5.59. The van der Waals surface area contributed by atoms with Crippen LogP contribution in [0.15, 0.2) is 232 Å². The molecule has 0 amide bonds. The molecule has 1 heterocycles. The standard InChI is InChI=1S/C66H52N2O/c1-6-17-64-45(4)57(7-2)63(8-3)68(64)55-36-32-47(33-37-55)46-28-30-48(31-29-46)50-20-15-21-52(44-50)66(61-25-13-11-23-59(61)60-24-12-14-26-62(60)66)51-34-38-53(39-35-51)67(54-40-42-56(69-5)43-41-54)65-27-16-19-49-18-9-10-22-58(49)65/h6-44H,2-3H2,1,4-5H3/b17-6-. The number of rotatable bonds is 12. The van der Waals surface area contributed by atoms with Crippen molar-refractivity contribution in [2.24, 2.45) is 0 Å². The van der Waals surface area contributed by atoms with Gasteiger partial charge in [0.05, 0.1) is 23.9 Å². The van der Waals surface area contributed by atoms with Crippen LogP contribution in [-0.2, 0) is 5.41 Å². The number of hydrogen-bond acceptors (Lipinski definition) is 2. The average Bonchev–Trinajstić information content (AvgIpc) is 3.87. The maximum Gasteiger partial charge on any atom is 0.119 e. The predicted molar refractivity (Wildman–Crippen MR) is 292 cm³/mol. The Bertz CT molecular complexity index is 3520. The molecule has 69 heavy (non-hydrogen) atoms. The third-order valence-corrected chi connectivity index (χ3v) is 14.1. The molecule has 3 heteroatoms. The van der Waals surface area contributed by atoms with E-state index < -0.39 is 5.41 Å². The Hall–Kier alpha value is -8.66. The van der Waals surface area contributed by atoms with Crippen molar-refractivity contribution in [1.82, 2.24) is 4.57 Å². The molecule has 0 aliphatic heterocycles. The Labute approximate surface area is 405 Å². The number of anilines is 3. The zero-order valence-corrected chi connectivity index (χ0v) is 39.2. The lowest BCUT2D eigenvalue weighted by molar-refractivity contribution is 0.415. The summed E-state index contributed by atoms with van der Waals surface area (Å²) in [7, 11) is 1.71. The van der Waals surface area contributed by atoms with E-state index in [2.05, 4.69) is 249 Å². The number of hydrogen-bond donors (Lipinski definition) is 0. The van der Waals surface area contributed by atoms with Gasteiger partial charge in [-0.05, 0) is 153 Å². The summed E-state index contributed by atoms with van der Waals surface area (Å²) in [6, 6.07) is 77.7. The van der Waals surface area contributed by atoms with Crippen LogP contribution in [-0.4, -0.2) is 11.7 Å². The first-order valence-corrected chi connectivity index (χ1v) is 23.6. The lowest BCUT2D eigenvalue weighted by atomic mass is 9.67. The number of ether oxygens (including phenoxy) is 1. The van der Waals surface area contributed by atoms with Crippen LogP contribution >= 0.6 is 0 Å². The lowest BCUT2D eigenvalue weighted by Gasteiger charge is -2.35. The predicted octanol–water partition coefficient (Wildman–Crippen LogP) is 17.4. The van der Waals surface area contributed by atoms with Gasteiger partial charge in [0.1, 0.15) is 5.75 Å². The summed E-state index contributed by atoms with van der Waals surface area (Å²) >= 11 is 0. The summed E-state index contributed by atoms with van der Waals surface area (Å²) in [6.07, 6.45) is 8.09. The van der Waals surface area contributed by atoms with Crippen LogP contribution < -0.4 is 9.64 Å². The lowest BCUT2D eigenvalue weighted by Crippen LogP contribution is -2.28. The van der Waals surface area contributed by atoms with E-state index in [4.69, 9.17) is 4.74 Å². The fraction of sp³-hybridized carbons (Fsp3) is 0.0606. The highest BCUT2D eigenvalue weighted by Crippen LogP contribution is 2.57. The zero-order chi connectivity index (χ0) is 47.1. The quantitative estimate of drug-likeness (QED) is 0.122. The first-order chi connectivity index (χ1) is 34.0. The minimum Gasteiger partial charge on any atom is -0.497 e. The highest BCUT2D eigenvalue weighted by Gasteiger charge is 2.46. The second-order valence-corrected chi connectivity index (χ2v) is 17.7. The van der Waals surface area contributed by atoms with E-state index in [0.717, 1.165) is 56.6 Å². The smallest absolute Gasteiger partial charge is 0.119 e. The molecular weight excluding hydrogens is 837 g/mol. The molecule has 9 aromatic carbocycles. The molecule has 332 valence electrons. The molecule has 0 radical (unpaired) electrons. The summed E-state index contributed by atoms with van der Waals surface area (Å²) in [6.45, 7) is 12.4. The van der Waals surface area contributed by atoms with Gasteiger partial charge in [0, 0.05) is 33.7 Å². The molecule has 0 N–H and O–H groups in total. The fourth-order valence-corrected chi connectivity index (χ4v) is 10.9. The molecule has 0 bridgehead atoms. The van der Waals surface area contributed by atoms with Crippen molar-refractivity contribution in [2.75, 3.05) is 12.0 Å². The van der Waals surface area contributed by atoms with Crippen molar-refractivity contribution in [3.8, 4) is 44.8 Å². The molecule has 1 aliphatic rings. The SMILES string of the molecule is C=Cc1c(C)c(/C=C\C)n(-c2ccc(-c3ccc(-c4cccc(C5(c6ccc(N(c7ccc(OC)cc7)c7cccc8ccccc78)cc6)c6ccccc6-c6ccccc65)c4)cc3)cc2)c1C=C. The van der Waals surface area contributed by atoms with E-state index in [-0.39, 0.29) is 0 Å². The van der Waals surface area contributed by atoms with Crippen LogP contribution in [0.3, 0.4) is 0 Å². The molecule has 1 aromatic heterocycles. The minimum atomic E-state index is -0.573. The summed E-state index contributed by atoms with van der Waals surface area (Å²) in [4.78, 5) is 2.36. The number of methoxy groups -OCH3 is 1. The Balaban J connectivity index is 0.993. The third kappa shape index (κ3) is 7.14. The summed E-state index contributed by atoms with van der Waals surface area (Å²) in [5.74, 6) is 0.823. The van der Waals surface area contributed by atoms with Crippen LogP contribution in [0.4, 0.5) is 17.1 Å². The van der Waals surface area contributed by atoms with Gasteiger partial charge in [0.15, 0.2) is 0 Å². The molecule has 0 fully saturated rings. The maximum absolute atomic E-state index is 5.59. The van der Waals surface area contributed by atoms with Gasteiger partial charge in [-0.15, -0.1) is 0 Å². The largest absolute Gasteiger partial charge is 0.497 e. The molecule has 0 atom stereocenters. The summed E-state index contributed by atoms with van der Waals surface area (Å²) < 4.78 is 7.85. The highest BCUT2D eigenvalue weighted by molar-refractivity contribution is 5.99. The van der Waals surface area contributed by atoms with E-state index in [9.17, 15) is 0 Å². The Kier molecular flexibility index (Phi) is 11.1. The van der Waals surface area contributed by atoms with E-state index in [0.29, 0.717) is 0 Å². The van der Waals surface area contributed by atoms with E-state index in [1.165, 1.54) is 60.8 Å². The van der Waals surface area contributed by atoms with Crippen molar-refractivity contribution in [1.29, 1.82) is 0 Å². The molecule has 0 saturated carbocycles. The fourth-order valence-electron chi connectivity index (χ4n) is 10.9. The van der Waals surface area contributed by atoms with Crippen LogP contribution in [0.1, 0.15) is 51.7 Å². The van der Waals surface area contributed by atoms with Crippen molar-refractivity contribution in [3.63, 3.8) is 0 Å². The van der Waals surface area contributed by atoms with E-state index in [1.54, 1.807) is 7.11 Å². The van der Waals surface area contributed by atoms with Crippen LogP contribution in [0.2, 0.25) is 0 Å². The molecular formula is C66H52N2O. The zero-order valence-electron chi connectivity index (χ0n) is 39.2. The number of allylic oxidation sites excluding steroid dienone is 1. The van der Waals surface area contributed by atoms with Gasteiger partial charge in [0.25, 0.3) is 0 Å². The van der Waals surface area contributed by atoms with Crippen molar-refractivity contribution in [2.45, 2.75) is 19.3 Å². The Morgan fingerprint density at radius 2 is 1.09 bits per heavy atom. The summed E-state index contributed by atoms with van der Waals surface area (Å²) in [5.41, 5.74) is 20.4. The van der Waals surface area contributed by atoms with E-state index >= 15 is 0 Å². The number of benzene rings is 9. The molecule has 1 aliphatic carbocycles. The second kappa shape index (κ2) is 17.9. The average molecular weight is 889 g/mol. The second-order valence-electron chi connectivity index (χ2n) is 17.7. The minimum absolute atomic E-state index is 0.573. The topological polar surface area (TPSA) is 17.4 Å². The van der Waals surface area contributed by atoms with Gasteiger partial charge >= 0.3 is 0 Å². The third-order valence-electron chi connectivity index (χ3n) is 14.1. The van der Waals surface area contributed by atoms with E-state index in [1.807, 2.05) is 24.3 Å². The molecule has 11 rings (SSSR count). The first-order valence-electron chi connectivity index (χ1n) is 23.6. The van der Waals surface area contributed by atoms with Crippen LogP contribution in [0.5, 0.6) is 5.75 Å². The van der Waals surface area contributed by atoms with Gasteiger partial charge in [-0.3, -0.25) is 0 Å². The van der Waals surface area contributed by atoms with Gasteiger partial charge in [0.2, 0.25) is 0 Å². The highest BCUT2D eigenvalue weighted by atomic mass is 16.5. The van der Waals surface area contributed by atoms with Crippen molar-refractivity contribution < 1.29 is 4.74 Å². The monoisotopic (exact) mass is 888 g/mol. The molecule has 10 aromatic rings. The van der Waals surface area contributed by atoms with Crippen molar-refractivity contribution in [3.05, 3.63) is 276 Å². The molecule has 0 spiro atoms. The van der Waals surface area contributed by atoms with Gasteiger partial charge in [-0.25, -0.2) is 0 Å². The number of fused-ring (bicyclic) bond motifs is 4. The number of aromatic nitrogens is 1.